The molecule has 0 fully saturated rings. The predicted octanol–water partition coefficient (Wildman–Crippen LogP) is 1.80. The van der Waals surface area contributed by atoms with Crippen molar-refractivity contribution in [2.45, 2.75) is 46.3 Å². The molecule has 0 aromatic carbocycles. The molecule has 0 spiro atoms. The van der Waals surface area contributed by atoms with Gasteiger partial charge in [0.1, 0.15) is 0 Å². The molecule has 2 atom stereocenters. The summed E-state index contributed by atoms with van der Waals surface area (Å²) in [6.45, 7) is 8.36. The molecule has 0 aliphatic heterocycles. The van der Waals surface area contributed by atoms with Crippen molar-refractivity contribution in [2.75, 3.05) is 0 Å². The van der Waals surface area contributed by atoms with E-state index in [1.54, 1.807) is 12.4 Å². The Labute approximate surface area is 109 Å². The van der Waals surface area contributed by atoms with Crippen LogP contribution in [0.5, 0.6) is 0 Å². The Bertz CT molecular complexity index is 376. The van der Waals surface area contributed by atoms with Gasteiger partial charge in [-0.3, -0.25) is 9.78 Å². The molecule has 0 bridgehead atoms. The van der Waals surface area contributed by atoms with Gasteiger partial charge in [-0.25, -0.2) is 0 Å². The lowest BCUT2D eigenvalue weighted by Crippen LogP contribution is -2.44. The molecule has 18 heavy (non-hydrogen) atoms. The molecule has 4 nitrogen and oxygen atoms in total. The van der Waals surface area contributed by atoms with Crippen molar-refractivity contribution in [3.8, 4) is 0 Å². The van der Waals surface area contributed by atoms with Crippen LogP contribution >= 0.6 is 0 Å². The maximum absolute atomic E-state index is 12.4. The molecule has 0 radical (unpaired) electrons. The summed E-state index contributed by atoms with van der Waals surface area (Å²) in [5.41, 5.74) is 6.85. The van der Waals surface area contributed by atoms with Gasteiger partial charge in [0, 0.05) is 31.0 Å². The van der Waals surface area contributed by atoms with Gasteiger partial charge in [-0.2, -0.15) is 0 Å². The first-order chi connectivity index (χ1) is 8.43. The molecule has 2 N–H and O–H groups in total. The quantitative estimate of drug-likeness (QED) is 0.865. The fraction of sp³-hybridized carbons (Fsp3) is 0.571. The Morgan fingerprint density at radius 3 is 2.50 bits per heavy atom. The number of hydrogen-bond donors (Lipinski definition) is 1. The minimum atomic E-state index is -0.163. The van der Waals surface area contributed by atoms with Crippen LogP contribution in [0, 0.1) is 5.92 Å². The van der Waals surface area contributed by atoms with Gasteiger partial charge < -0.3 is 10.6 Å². The van der Waals surface area contributed by atoms with Crippen molar-refractivity contribution in [1.29, 1.82) is 0 Å². The fourth-order valence-corrected chi connectivity index (χ4v) is 1.69. The summed E-state index contributed by atoms with van der Waals surface area (Å²) < 4.78 is 0. The van der Waals surface area contributed by atoms with Gasteiger partial charge in [-0.05, 0) is 32.4 Å². The van der Waals surface area contributed by atoms with Crippen LogP contribution in [0.4, 0.5) is 0 Å². The van der Waals surface area contributed by atoms with Crippen molar-refractivity contribution in [2.24, 2.45) is 11.7 Å². The molecule has 0 saturated carbocycles. The molecule has 0 aliphatic rings. The summed E-state index contributed by atoms with van der Waals surface area (Å²) >= 11 is 0. The lowest BCUT2D eigenvalue weighted by molar-refractivity contribution is -0.137. The highest BCUT2D eigenvalue weighted by atomic mass is 16.2. The number of hydrogen-bond acceptors (Lipinski definition) is 3. The first kappa shape index (κ1) is 14.6. The number of pyridine rings is 1. The van der Waals surface area contributed by atoms with Gasteiger partial charge in [0.25, 0.3) is 0 Å². The van der Waals surface area contributed by atoms with Gasteiger partial charge in [0.05, 0.1) is 5.92 Å². The van der Waals surface area contributed by atoms with E-state index < -0.39 is 0 Å². The lowest BCUT2D eigenvalue weighted by Gasteiger charge is -2.30. The predicted molar refractivity (Wildman–Crippen MR) is 72.7 cm³/mol. The average molecular weight is 249 g/mol. The van der Waals surface area contributed by atoms with E-state index in [1.165, 1.54) is 0 Å². The van der Waals surface area contributed by atoms with Crippen molar-refractivity contribution in [1.82, 2.24) is 9.88 Å². The molecule has 2 unspecified atom stereocenters. The van der Waals surface area contributed by atoms with Crippen LogP contribution in [0.15, 0.2) is 24.5 Å². The Balaban J connectivity index is 2.81. The third-order valence-electron chi connectivity index (χ3n) is 3.16. The Morgan fingerprint density at radius 2 is 2.06 bits per heavy atom. The molecule has 1 heterocycles. The second kappa shape index (κ2) is 6.50. The van der Waals surface area contributed by atoms with Crippen LogP contribution in [-0.2, 0) is 11.3 Å². The third kappa shape index (κ3) is 3.81. The topological polar surface area (TPSA) is 59.2 Å². The van der Waals surface area contributed by atoms with Crippen molar-refractivity contribution >= 4 is 5.91 Å². The first-order valence-electron chi connectivity index (χ1n) is 6.38. The number of aromatic nitrogens is 1. The van der Waals surface area contributed by atoms with E-state index in [-0.39, 0.29) is 23.9 Å². The fourth-order valence-electron chi connectivity index (χ4n) is 1.69. The molecule has 1 aromatic rings. The van der Waals surface area contributed by atoms with E-state index in [9.17, 15) is 4.79 Å². The van der Waals surface area contributed by atoms with Gasteiger partial charge in [0.15, 0.2) is 0 Å². The standard InChI is InChI=1S/C14H23N3O/c1-10(2)17(14(18)11(3)12(4)15)9-13-6-5-7-16-8-13/h5-8,10-12H,9,15H2,1-4H3. The van der Waals surface area contributed by atoms with Crippen LogP contribution in [-0.4, -0.2) is 27.9 Å². The lowest BCUT2D eigenvalue weighted by atomic mass is 10.0. The van der Waals surface area contributed by atoms with E-state index in [2.05, 4.69) is 4.98 Å². The Hall–Kier alpha value is -1.42. The number of nitrogens with zero attached hydrogens (tertiary/aromatic N) is 2. The molecule has 1 amide bonds. The maximum atomic E-state index is 12.4. The van der Waals surface area contributed by atoms with Gasteiger partial charge in [0.2, 0.25) is 5.91 Å². The molecule has 1 rings (SSSR count). The van der Waals surface area contributed by atoms with E-state index in [0.29, 0.717) is 6.54 Å². The van der Waals surface area contributed by atoms with Crippen LogP contribution < -0.4 is 5.73 Å². The highest BCUT2D eigenvalue weighted by Crippen LogP contribution is 2.13. The SMILES string of the molecule is CC(N)C(C)C(=O)N(Cc1cccnc1)C(C)C. The van der Waals surface area contributed by atoms with Gasteiger partial charge in [-0.15, -0.1) is 0 Å². The molecule has 4 heteroatoms. The monoisotopic (exact) mass is 249 g/mol. The number of carbonyl (C=O) groups is 1. The number of rotatable bonds is 5. The Morgan fingerprint density at radius 1 is 1.39 bits per heavy atom. The summed E-state index contributed by atoms with van der Waals surface area (Å²) in [6, 6.07) is 3.88. The Kier molecular flexibility index (Phi) is 5.28. The zero-order valence-electron chi connectivity index (χ0n) is 11.6. The molecule has 1 aromatic heterocycles. The normalized spacial score (nSPS) is 14.3. The van der Waals surface area contributed by atoms with Crippen LogP contribution in [0.1, 0.15) is 33.3 Å². The second-order valence-corrected chi connectivity index (χ2v) is 5.07. The van der Waals surface area contributed by atoms with E-state index in [4.69, 9.17) is 5.73 Å². The largest absolute Gasteiger partial charge is 0.336 e. The summed E-state index contributed by atoms with van der Waals surface area (Å²) in [6.07, 6.45) is 3.52. The van der Waals surface area contributed by atoms with Crippen LogP contribution in [0.25, 0.3) is 0 Å². The van der Waals surface area contributed by atoms with Crippen LogP contribution in [0.2, 0.25) is 0 Å². The summed E-state index contributed by atoms with van der Waals surface area (Å²) in [4.78, 5) is 18.3. The van der Waals surface area contributed by atoms with E-state index >= 15 is 0 Å². The van der Waals surface area contributed by atoms with Crippen molar-refractivity contribution in [3.63, 3.8) is 0 Å². The molecular weight excluding hydrogens is 226 g/mol. The van der Waals surface area contributed by atoms with Crippen molar-refractivity contribution < 1.29 is 4.79 Å². The van der Waals surface area contributed by atoms with Gasteiger partial charge in [-0.1, -0.05) is 13.0 Å². The zero-order chi connectivity index (χ0) is 13.7. The zero-order valence-corrected chi connectivity index (χ0v) is 11.6. The van der Waals surface area contributed by atoms with Crippen LogP contribution in [0.3, 0.4) is 0 Å². The molecule has 0 saturated heterocycles. The van der Waals surface area contributed by atoms with E-state index in [0.717, 1.165) is 5.56 Å². The molecule has 0 aliphatic carbocycles. The summed E-state index contributed by atoms with van der Waals surface area (Å²) in [5.74, 6) is -0.0621. The number of amides is 1. The van der Waals surface area contributed by atoms with Crippen molar-refractivity contribution in [3.05, 3.63) is 30.1 Å². The smallest absolute Gasteiger partial charge is 0.227 e. The molecule has 100 valence electrons. The van der Waals surface area contributed by atoms with E-state index in [1.807, 2.05) is 44.7 Å². The average Bonchev–Trinajstić information content (AvgIpc) is 2.35. The second-order valence-electron chi connectivity index (χ2n) is 5.07. The number of carbonyl (C=O) groups excluding carboxylic acids is 1. The van der Waals surface area contributed by atoms with Gasteiger partial charge >= 0.3 is 0 Å². The minimum Gasteiger partial charge on any atom is -0.336 e. The minimum absolute atomic E-state index is 0.101. The maximum Gasteiger partial charge on any atom is 0.227 e. The summed E-state index contributed by atoms with van der Waals surface area (Å²) in [5, 5.41) is 0. The first-order valence-corrected chi connectivity index (χ1v) is 6.38. The third-order valence-corrected chi connectivity index (χ3v) is 3.16. The number of nitrogens with two attached hydrogens (primary N) is 1. The molecular formula is C14H23N3O. The summed E-state index contributed by atoms with van der Waals surface area (Å²) in [7, 11) is 0. The highest BCUT2D eigenvalue weighted by Gasteiger charge is 2.25. The highest BCUT2D eigenvalue weighted by molar-refractivity contribution is 5.79.